The lowest BCUT2D eigenvalue weighted by atomic mass is 9.97. The number of hydrogen-bond donors (Lipinski definition) is 2. The molecule has 4 aromatic carbocycles. The first-order chi connectivity index (χ1) is 22.8. The highest BCUT2D eigenvalue weighted by Crippen LogP contribution is 2.42. The van der Waals surface area contributed by atoms with Crippen LogP contribution in [0.3, 0.4) is 0 Å². The number of hydrogen-bond acceptors (Lipinski definition) is 7. The topological polar surface area (TPSA) is 103 Å². The van der Waals surface area contributed by atoms with E-state index in [-0.39, 0.29) is 42.2 Å². The predicted octanol–water partition coefficient (Wildman–Crippen LogP) is 8.56. The quantitative estimate of drug-likeness (QED) is 0.120. The van der Waals surface area contributed by atoms with E-state index in [1.54, 1.807) is 45.0 Å². The molecule has 8 nitrogen and oxygen atoms in total. The van der Waals surface area contributed by atoms with Crippen molar-refractivity contribution >= 4 is 11.9 Å². The van der Waals surface area contributed by atoms with Gasteiger partial charge in [0, 0.05) is 23.2 Å². The number of ether oxygens (including phenoxy) is 4. The molecular formula is C35H31F6NO7. The molecule has 0 saturated heterocycles. The fourth-order valence-corrected chi connectivity index (χ4v) is 4.50. The Morgan fingerprint density at radius 1 is 0.714 bits per heavy atom. The van der Waals surface area contributed by atoms with Gasteiger partial charge in [-0.25, -0.2) is 0 Å². The maximum Gasteiger partial charge on any atom is 0.573 e. The molecule has 0 aliphatic rings. The van der Waals surface area contributed by atoms with Crippen molar-refractivity contribution in [3.05, 3.63) is 96.1 Å². The van der Waals surface area contributed by atoms with Crippen LogP contribution in [-0.2, 0) is 16.1 Å². The predicted molar refractivity (Wildman–Crippen MR) is 166 cm³/mol. The summed E-state index contributed by atoms with van der Waals surface area (Å²) in [4.78, 5) is 24.4. The molecule has 0 bridgehead atoms. The Morgan fingerprint density at radius 2 is 1.22 bits per heavy atom. The maximum absolute atomic E-state index is 12.7. The summed E-state index contributed by atoms with van der Waals surface area (Å²) in [5, 5.41) is 13.5. The van der Waals surface area contributed by atoms with Crippen molar-refractivity contribution in [3.63, 3.8) is 0 Å². The number of carbonyl (C=O) groups excluding carboxylic acids is 2. The minimum absolute atomic E-state index is 0.00452. The third kappa shape index (κ3) is 11.4. The van der Waals surface area contributed by atoms with Gasteiger partial charge in [-0.05, 0) is 86.0 Å². The number of amides is 1. The van der Waals surface area contributed by atoms with E-state index in [1.807, 2.05) is 0 Å². The Balaban J connectivity index is 1.54. The summed E-state index contributed by atoms with van der Waals surface area (Å²) in [6.45, 7) is 5.24. The summed E-state index contributed by atoms with van der Waals surface area (Å²) in [6, 6.07) is 18.7. The van der Waals surface area contributed by atoms with Crippen molar-refractivity contribution in [1.82, 2.24) is 5.32 Å². The van der Waals surface area contributed by atoms with Crippen LogP contribution in [0, 0.1) is 0 Å². The SMILES string of the molecule is CC(C)(C)OC(=O)CCNC(=O)c1ccc(COc2cc(-c3ccc(OC(F)(F)F)cc3)c(O)cc2-c2ccc(OC(F)(F)F)cc2)cc1. The van der Waals surface area contributed by atoms with Crippen molar-refractivity contribution in [2.45, 2.75) is 52.1 Å². The number of phenols is 1. The molecule has 260 valence electrons. The lowest BCUT2D eigenvalue weighted by Crippen LogP contribution is -2.29. The van der Waals surface area contributed by atoms with Gasteiger partial charge in [-0.2, -0.15) is 0 Å². The normalized spacial score (nSPS) is 11.9. The summed E-state index contributed by atoms with van der Waals surface area (Å²) in [5.74, 6) is -1.90. The van der Waals surface area contributed by atoms with Gasteiger partial charge in [-0.1, -0.05) is 36.4 Å². The van der Waals surface area contributed by atoms with Gasteiger partial charge in [0.15, 0.2) is 0 Å². The van der Waals surface area contributed by atoms with Crippen molar-refractivity contribution in [2.75, 3.05) is 6.54 Å². The number of halogens is 6. The molecule has 0 aromatic heterocycles. The molecule has 2 N–H and O–H groups in total. The van der Waals surface area contributed by atoms with Crippen molar-refractivity contribution in [3.8, 4) is 45.3 Å². The zero-order valence-corrected chi connectivity index (χ0v) is 26.4. The van der Waals surface area contributed by atoms with Crippen LogP contribution in [0.4, 0.5) is 26.3 Å². The van der Waals surface area contributed by atoms with Gasteiger partial charge < -0.3 is 29.4 Å². The second kappa shape index (κ2) is 14.8. The minimum atomic E-state index is -4.90. The molecule has 0 radical (unpaired) electrons. The number of alkyl halides is 6. The van der Waals surface area contributed by atoms with Crippen LogP contribution in [0.1, 0.15) is 43.1 Å². The Morgan fingerprint density at radius 3 is 1.71 bits per heavy atom. The molecule has 0 unspecified atom stereocenters. The molecule has 0 spiro atoms. The summed E-state index contributed by atoms with van der Waals surface area (Å²) >= 11 is 0. The standard InChI is InChI=1S/C35H31F6NO7/c1-33(2,3)49-31(44)16-17-42-32(45)24-6-4-21(5-7-24)20-46-30-19-27(22-8-12-25(13-9-22)47-34(36,37)38)29(43)18-28(30)23-10-14-26(15-11-23)48-35(39,40)41/h4-15,18-19,43H,16-17,20H2,1-3H3,(H,42,45). The molecule has 0 heterocycles. The van der Waals surface area contributed by atoms with E-state index in [0.717, 1.165) is 24.3 Å². The Hall–Kier alpha value is -5.40. The van der Waals surface area contributed by atoms with Gasteiger partial charge in [-0.3, -0.25) is 9.59 Å². The molecule has 0 atom stereocenters. The lowest BCUT2D eigenvalue weighted by molar-refractivity contribution is -0.275. The Kier molecular flexibility index (Phi) is 11.0. The van der Waals surface area contributed by atoms with Gasteiger partial charge in [0.25, 0.3) is 5.91 Å². The number of aromatic hydroxyl groups is 1. The molecule has 0 fully saturated rings. The molecule has 49 heavy (non-hydrogen) atoms. The van der Waals surface area contributed by atoms with E-state index in [2.05, 4.69) is 14.8 Å². The van der Waals surface area contributed by atoms with Crippen LogP contribution in [-0.4, -0.2) is 41.9 Å². The maximum atomic E-state index is 12.7. The van der Waals surface area contributed by atoms with E-state index >= 15 is 0 Å². The summed E-state index contributed by atoms with van der Waals surface area (Å²) in [7, 11) is 0. The number of benzene rings is 4. The Bertz CT molecular complexity index is 1750. The van der Waals surface area contributed by atoms with Crippen molar-refractivity contribution in [1.29, 1.82) is 0 Å². The fourth-order valence-electron chi connectivity index (χ4n) is 4.50. The van der Waals surface area contributed by atoms with Crippen molar-refractivity contribution < 1.29 is 60.0 Å². The summed E-state index contributed by atoms with van der Waals surface area (Å²) in [5.41, 5.74) is 1.45. The highest BCUT2D eigenvalue weighted by molar-refractivity contribution is 5.94. The molecular weight excluding hydrogens is 660 g/mol. The average Bonchev–Trinajstić information content (AvgIpc) is 2.99. The van der Waals surface area contributed by atoms with E-state index in [4.69, 9.17) is 9.47 Å². The van der Waals surface area contributed by atoms with Crippen LogP contribution in [0.5, 0.6) is 23.0 Å². The lowest BCUT2D eigenvalue weighted by Gasteiger charge is -2.19. The largest absolute Gasteiger partial charge is 0.573 e. The molecule has 4 aromatic rings. The monoisotopic (exact) mass is 691 g/mol. The first-order valence-corrected chi connectivity index (χ1v) is 14.7. The highest BCUT2D eigenvalue weighted by Gasteiger charge is 2.32. The summed E-state index contributed by atoms with van der Waals surface area (Å²) < 4.78 is 95.0. The molecule has 1 amide bonds. The second-order valence-corrected chi connectivity index (χ2v) is 11.6. The molecule has 0 saturated carbocycles. The summed E-state index contributed by atoms with van der Waals surface area (Å²) in [6.07, 6.45) is -9.79. The van der Waals surface area contributed by atoms with Crippen LogP contribution < -0.4 is 19.5 Å². The number of rotatable bonds is 11. The van der Waals surface area contributed by atoms with Crippen LogP contribution in [0.15, 0.2) is 84.9 Å². The highest BCUT2D eigenvalue weighted by atomic mass is 19.4. The molecule has 0 aliphatic carbocycles. The number of carbonyl (C=O) groups is 2. The van der Waals surface area contributed by atoms with Crippen LogP contribution in [0.2, 0.25) is 0 Å². The number of nitrogens with one attached hydrogen (secondary N) is 1. The second-order valence-electron chi connectivity index (χ2n) is 11.6. The molecule has 14 heteroatoms. The van der Waals surface area contributed by atoms with Gasteiger partial charge in [-0.15, -0.1) is 26.3 Å². The van der Waals surface area contributed by atoms with Gasteiger partial charge in [0.05, 0.1) is 6.42 Å². The van der Waals surface area contributed by atoms with Gasteiger partial charge in [0.2, 0.25) is 0 Å². The first kappa shape index (κ1) is 36.4. The number of phenolic OH excluding ortho intramolecular Hbond substituents is 1. The minimum Gasteiger partial charge on any atom is -0.507 e. The first-order valence-electron chi connectivity index (χ1n) is 14.7. The van der Waals surface area contributed by atoms with E-state index < -0.39 is 41.7 Å². The smallest absolute Gasteiger partial charge is 0.507 e. The van der Waals surface area contributed by atoms with Gasteiger partial charge >= 0.3 is 18.7 Å². The van der Waals surface area contributed by atoms with Crippen LogP contribution >= 0.6 is 0 Å². The third-order valence-corrected chi connectivity index (χ3v) is 6.54. The van der Waals surface area contributed by atoms with Crippen LogP contribution in [0.25, 0.3) is 22.3 Å². The number of esters is 1. The molecule has 4 rings (SSSR count). The van der Waals surface area contributed by atoms with Gasteiger partial charge in [0.1, 0.15) is 35.2 Å². The average molecular weight is 692 g/mol. The van der Waals surface area contributed by atoms with Crippen molar-refractivity contribution in [2.24, 2.45) is 0 Å². The molecule has 0 aliphatic heterocycles. The van der Waals surface area contributed by atoms with E-state index in [9.17, 15) is 41.0 Å². The van der Waals surface area contributed by atoms with E-state index in [0.29, 0.717) is 22.3 Å². The zero-order chi connectivity index (χ0) is 36.0. The third-order valence-electron chi connectivity index (χ3n) is 6.54. The zero-order valence-electron chi connectivity index (χ0n) is 26.4. The Labute approximate surface area is 277 Å². The fraction of sp³-hybridized carbons (Fsp3) is 0.257. The van der Waals surface area contributed by atoms with E-state index in [1.165, 1.54) is 36.4 Å².